The van der Waals surface area contributed by atoms with Crippen molar-refractivity contribution in [2.24, 2.45) is 10.9 Å². The normalized spacial score (nSPS) is 14.7. The molecule has 4 nitrogen and oxygen atoms in total. The molecule has 1 aromatic rings. The zero-order chi connectivity index (χ0) is 14.4. The lowest BCUT2D eigenvalue weighted by Crippen LogP contribution is -2.39. The van der Waals surface area contributed by atoms with E-state index >= 15 is 0 Å². The Balaban J connectivity index is 0.00000220. The molecular formula is C14H23ClIN3OS. The maximum absolute atomic E-state index is 5.94. The van der Waals surface area contributed by atoms with Crippen molar-refractivity contribution in [1.29, 1.82) is 0 Å². The summed E-state index contributed by atoms with van der Waals surface area (Å²) in [6, 6.07) is 3.98. The van der Waals surface area contributed by atoms with Crippen molar-refractivity contribution >= 4 is 52.9 Å². The number of nitrogens with zero attached hydrogens (tertiary/aromatic N) is 2. The zero-order valence-corrected chi connectivity index (χ0v) is 16.4. The highest BCUT2D eigenvalue weighted by atomic mass is 127. The molecule has 0 amide bonds. The number of aliphatic imine (C=N–C) groups is 1. The van der Waals surface area contributed by atoms with Gasteiger partial charge in [-0.2, -0.15) is 0 Å². The van der Waals surface area contributed by atoms with E-state index in [0.29, 0.717) is 0 Å². The number of nitrogens with one attached hydrogen (secondary N) is 1. The molecule has 0 atom stereocenters. The number of guanidine groups is 1. The summed E-state index contributed by atoms with van der Waals surface area (Å²) in [6.07, 6.45) is 2.67. The number of hydrogen-bond acceptors (Lipinski definition) is 3. The lowest BCUT2D eigenvalue weighted by Gasteiger charge is -2.21. The summed E-state index contributed by atoms with van der Waals surface area (Å²) in [7, 11) is 3.82. The van der Waals surface area contributed by atoms with Gasteiger partial charge < -0.3 is 15.0 Å². The smallest absolute Gasteiger partial charge is 0.193 e. The molecule has 0 aromatic carbocycles. The second-order valence-corrected chi connectivity index (χ2v) is 6.85. The molecule has 0 saturated heterocycles. The van der Waals surface area contributed by atoms with E-state index in [2.05, 4.69) is 21.3 Å². The van der Waals surface area contributed by atoms with Gasteiger partial charge >= 0.3 is 0 Å². The van der Waals surface area contributed by atoms with Crippen molar-refractivity contribution in [3.8, 4) is 0 Å². The van der Waals surface area contributed by atoms with Crippen molar-refractivity contribution < 1.29 is 4.74 Å². The van der Waals surface area contributed by atoms with Crippen LogP contribution < -0.4 is 5.32 Å². The molecule has 0 spiro atoms. The van der Waals surface area contributed by atoms with Gasteiger partial charge in [0.05, 0.1) is 17.5 Å². The third-order valence-electron chi connectivity index (χ3n) is 3.18. The summed E-state index contributed by atoms with van der Waals surface area (Å²) >= 11 is 7.55. The highest BCUT2D eigenvalue weighted by molar-refractivity contribution is 14.0. The number of rotatable bonds is 7. The highest BCUT2D eigenvalue weighted by Crippen LogP contribution is 2.28. The zero-order valence-electron chi connectivity index (χ0n) is 12.5. The summed E-state index contributed by atoms with van der Waals surface area (Å²) in [4.78, 5) is 7.60. The van der Waals surface area contributed by atoms with Crippen molar-refractivity contribution in [2.45, 2.75) is 19.4 Å². The molecule has 1 aromatic heterocycles. The topological polar surface area (TPSA) is 36.9 Å². The van der Waals surface area contributed by atoms with Crippen LogP contribution in [0.2, 0.25) is 4.34 Å². The Hall–Kier alpha value is -0.0500. The largest absolute Gasteiger partial charge is 0.379 e. The van der Waals surface area contributed by atoms with Crippen molar-refractivity contribution in [2.75, 3.05) is 33.9 Å². The second kappa shape index (κ2) is 9.86. The van der Waals surface area contributed by atoms with Crippen LogP contribution in [0.5, 0.6) is 0 Å². The van der Waals surface area contributed by atoms with E-state index in [-0.39, 0.29) is 24.0 Å². The fourth-order valence-corrected chi connectivity index (χ4v) is 3.04. The van der Waals surface area contributed by atoms with Gasteiger partial charge in [0, 0.05) is 32.1 Å². The standard InChI is InChI=1S/C14H22ClN3OS.HI/c1-16-14(17-7-8-19-10-11-3-4-11)18(2)9-12-5-6-13(15)20-12;/h5-6,11H,3-4,7-10H2,1-2H3,(H,16,17);1H. The Morgan fingerprint density at radius 2 is 2.29 bits per heavy atom. The minimum atomic E-state index is 0. The van der Waals surface area contributed by atoms with Crippen LogP contribution in [-0.4, -0.2) is 44.7 Å². The van der Waals surface area contributed by atoms with Gasteiger partial charge in [0.25, 0.3) is 0 Å². The average Bonchev–Trinajstić information content (AvgIpc) is 3.16. The maximum Gasteiger partial charge on any atom is 0.193 e. The predicted octanol–water partition coefficient (Wildman–Crippen LogP) is 3.45. The molecule has 0 aliphatic heterocycles. The Kier molecular flexibility index (Phi) is 8.92. The third-order valence-corrected chi connectivity index (χ3v) is 4.39. The first-order valence-electron chi connectivity index (χ1n) is 6.92. The Morgan fingerprint density at radius 1 is 1.52 bits per heavy atom. The second-order valence-electron chi connectivity index (χ2n) is 5.05. The van der Waals surface area contributed by atoms with Crippen LogP contribution in [0.4, 0.5) is 0 Å². The number of thiophene rings is 1. The van der Waals surface area contributed by atoms with Crippen LogP contribution in [0.25, 0.3) is 0 Å². The maximum atomic E-state index is 5.94. The van der Waals surface area contributed by atoms with Crippen LogP contribution in [0.1, 0.15) is 17.7 Å². The molecule has 0 radical (unpaired) electrons. The summed E-state index contributed by atoms with van der Waals surface area (Å²) in [5.74, 6) is 1.70. The average molecular weight is 444 g/mol. The summed E-state index contributed by atoms with van der Waals surface area (Å²) in [5, 5.41) is 3.31. The first-order chi connectivity index (χ1) is 9.69. The SMILES string of the molecule is CN=C(NCCOCC1CC1)N(C)Cc1ccc(Cl)s1.I. The summed E-state index contributed by atoms with van der Waals surface area (Å²) in [5.41, 5.74) is 0. The molecule has 1 aliphatic carbocycles. The van der Waals surface area contributed by atoms with E-state index in [9.17, 15) is 0 Å². The van der Waals surface area contributed by atoms with E-state index in [1.165, 1.54) is 17.7 Å². The molecule has 0 bridgehead atoms. The molecule has 120 valence electrons. The number of halogens is 2. The number of ether oxygens (including phenoxy) is 1. The van der Waals surface area contributed by atoms with Gasteiger partial charge in [0.1, 0.15) is 0 Å². The van der Waals surface area contributed by atoms with E-state index < -0.39 is 0 Å². The number of hydrogen-bond donors (Lipinski definition) is 1. The molecule has 1 aliphatic rings. The molecule has 1 heterocycles. The van der Waals surface area contributed by atoms with Gasteiger partial charge in [-0.1, -0.05) is 11.6 Å². The Morgan fingerprint density at radius 3 is 2.86 bits per heavy atom. The highest BCUT2D eigenvalue weighted by Gasteiger charge is 2.20. The molecule has 1 fully saturated rings. The molecular weight excluding hydrogens is 421 g/mol. The van der Waals surface area contributed by atoms with E-state index in [1.54, 1.807) is 18.4 Å². The van der Waals surface area contributed by atoms with Gasteiger partial charge in [-0.25, -0.2) is 0 Å². The van der Waals surface area contributed by atoms with Crippen LogP contribution in [0, 0.1) is 5.92 Å². The van der Waals surface area contributed by atoms with Crippen molar-refractivity contribution in [1.82, 2.24) is 10.2 Å². The summed E-state index contributed by atoms with van der Waals surface area (Å²) < 4.78 is 6.43. The molecule has 0 unspecified atom stereocenters. The third kappa shape index (κ3) is 7.17. The van der Waals surface area contributed by atoms with Crippen LogP contribution in [0.15, 0.2) is 17.1 Å². The monoisotopic (exact) mass is 443 g/mol. The Bertz CT molecular complexity index is 451. The quantitative estimate of drug-likeness (QED) is 0.303. The van der Waals surface area contributed by atoms with Crippen molar-refractivity contribution in [3.05, 3.63) is 21.3 Å². The Labute approximate surface area is 152 Å². The first-order valence-corrected chi connectivity index (χ1v) is 8.12. The van der Waals surface area contributed by atoms with E-state index in [0.717, 1.165) is 42.5 Å². The minimum absolute atomic E-state index is 0. The van der Waals surface area contributed by atoms with Gasteiger partial charge in [-0.15, -0.1) is 35.3 Å². The van der Waals surface area contributed by atoms with Crippen molar-refractivity contribution in [3.63, 3.8) is 0 Å². The summed E-state index contributed by atoms with van der Waals surface area (Å²) in [6.45, 7) is 3.23. The van der Waals surface area contributed by atoms with Crippen LogP contribution in [0.3, 0.4) is 0 Å². The lowest BCUT2D eigenvalue weighted by atomic mass is 10.4. The lowest BCUT2D eigenvalue weighted by molar-refractivity contribution is 0.128. The fraction of sp³-hybridized carbons (Fsp3) is 0.643. The fourth-order valence-electron chi connectivity index (χ4n) is 1.90. The minimum Gasteiger partial charge on any atom is -0.379 e. The van der Waals surface area contributed by atoms with E-state index in [1.807, 2.05) is 13.1 Å². The molecule has 1 saturated carbocycles. The predicted molar refractivity (Wildman–Crippen MR) is 101 cm³/mol. The van der Waals surface area contributed by atoms with Crippen LogP contribution in [-0.2, 0) is 11.3 Å². The first kappa shape index (κ1) is 19.0. The van der Waals surface area contributed by atoms with Gasteiger partial charge in [0.15, 0.2) is 5.96 Å². The van der Waals surface area contributed by atoms with Crippen LogP contribution >= 0.6 is 46.9 Å². The van der Waals surface area contributed by atoms with Gasteiger partial charge in [-0.3, -0.25) is 4.99 Å². The molecule has 21 heavy (non-hydrogen) atoms. The molecule has 1 N–H and O–H groups in total. The van der Waals surface area contributed by atoms with Gasteiger partial charge in [-0.05, 0) is 30.9 Å². The molecule has 2 rings (SSSR count). The van der Waals surface area contributed by atoms with E-state index in [4.69, 9.17) is 16.3 Å². The van der Waals surface area contributed by atoms with Gasteiger partial charge in [0.2, 0.25) is 0 Å². The molecule has 7 heteroatoms.